The van der Waals surface area contributed by atoms with Crippen molar-refractivity contribution in [3.05, 3.63) is 81.8 Å². The van der Waals surface area contributed by atoms with Crippen LogP contribution in [0.5, 0.6) is 5.75 Å². The summed E-state index contributed by atoms with van der Waals surface area (Å²) in [6.07, 6.45) is 2.63. The SMILES string of the molecule is CC(C)Oc1ccc(C(=O)N2CCC(c3nc(C(=O)N(C)CCc4ccccc4)cs3)CC2)cc1. The lowest BCUT2D eigenvalue weighted by Crippen LogP contribution is -2.37. The Kier molecular flexibility index (Phi) is 8.18. The quantitative estimate of drug-likeness (QED) is 0.431. The van der Waals surface area contributed by atoms with Crippen molar-refractivity contribution < 1.29 is 14.3 Å². The van der Waals surface area contributed by atoms with E-state index >= 15 is 0 Å². The van der Waals surface area contributed by atoms with Crippen LogP contribution in [0, 0.1) is 0 Å². The fourth-order valence-corrected chi connectivity index (χ4v) is 5.24. The fourth-order valence-electron chi connectivity index (χ4n) is 4.27. The fraction of sp³-hybridized carbons (Fsp3) is 0.393. The molecule has 7 heteroatoms. The molecule has 2 amide bonds. The average Bonchev–Trinajstić information content (AvgIpc) is 3.37. The highest BCUT2D eigenvalue weighted by molar-refractivity contribution is 7.09. The van der Waals surface area contributed by atoms with Crippen LogP contribution in [0.3, 0.4) is 0 Å². The van der Waals surface area contributed by atoms with Crippen LogP contribution >= 0.6 is 11.3 Å². The molecule has 0 unspecified atom stereocenters. The van der Waals surface area contributed by atoms with E-state index in [0.717, 1.165) is 30.0 Å². The number of carbonyl (C=O) groups excluding carboxylic acids is 2. The van der Waals surface area contributed by atoms with Gasteiger partial charge >= 0.3 is 0 Å². The number of benzene rings is 2. The second-order valence-corrected chi connectivity index (χ2v) is 10.2. The van der Waals surface area contributed by atoms with E-state index in [1.807, 2.05) is 73.6 Å². The molecule has 184 valence electrons. The molecule has 0 N–H and O–H groups in total. The summed E-state index contributed by atoms with van der Waals surface area (Å²) in [6, 6.07) is 17.5. The first-order valence-corrected chi connectivity index (χ1v) is 13.1. The zero-order valence-corrected chi connectivity index (χ0v) is 21.5. The van der Waals surface area contributed by atoms with Crippen LogP contribution in [0.25, 0.3) is 0 Å². The predicted molar refractivity (Wildman–Crippen MR) is 139 cm³/mol. The third kappa shape index (κ3) is 6.48. The van der Waals surface area contributed by atoms with Gasteiger partial charge in [-0.05, 0) is 62.9 Å². The van der Waals surface area contributed by atoms with Gasteiger partial charge in [0.25, 0.3) is 11.8 Å². The molecule has 2 heterocycles. The van der Waals surface area contributed by atoms with E-state index in [-0.39, 0.29) is 23.8 Å². The number of nitrogens with zero attached hydrogens (tertiary/aromatic N) is 3. The van der Waals surface area contributed by atoms with E-state index in [1.54, 1.807) is 16.2 Å². The minimum absolute atomic E-state index is 0.0408. The Balaban J connectivity index is 1.28. The van der Waals surface area contributed by atoms with Gasteiger partial charge in [0, 0.05) is 43.5 Å². The van der Waals surface area contributed by atoms with Crippen LogP contribution < -0.4 is 4.74 Å². The van der Waals surface area contributed by atoms with E-state index in [4.69, 9.17) is 4.74 Å². The molecule has 0 spiro atoms. The summed E-state index contributed by atoms with van der Waals surface area (Å²) in [4.78, 5) is 34.1. The highest BCUT2D eigenvalue weighted by atomic mass is 32.1. The molecule has 1 aliphatic rings. The number of amides is 2. The number of thiazole rings is 1. The van der Waals surface area contributed by atoms with E-state index in [1.165, 1.54) is 5.56 Å². The Morgan fingerprint density at radius 3 is 2.43 bits per heavy atom. The van der Waals surface area contributed by atoms with Crippen LogP contribution in [0.1, 0.15) is 64.0 Å². The number of hydrogen-bond acceptors (Lipinski definition) is 5. The maximum atomic E-state index is 12.9. The van der Waals surface area contributed by atoms with Gasteiger partial charge in [-0.1, -0.05) is 30.3 Å². The topological polar surface area (TPSA) is 62.7 Å². The van der Waals surface area contributed by atoms with Gasteiger partial charge in [0.1, 0.15) is 11.4 Å². The molecule has 0 bridgehead atoms. The summed E-state index contributed by atoms with van der Waals surface area (Å²) in [5.41, 5.74) is 2.41. The number of hydrogen-bond donors (Lipinski definition) is 0. The lowest BCUT2D eigenvalue weighted by Gasteiger charge is -2.31. The second kappa shape index (κ2) is 11.5. The summed E-state index contributed by atoms with van der Waals surface area (Å²) in [5, 5.41) is 2.86. The van der Waals surface area contributed by atoms with Crippen LogP contribution in [0.4, 0.5) is 0 Å². The molecule has 1 saturated heterocycles. The molecule has 1 aliphatic heterocycles. The molecule has 1 fully saturated rings. The van der Waals surface area contributed by atoms with E-state index in [9.17, 15) is 9.59 Å². The molecule has 3 aromatic rings. The molecule has 4 rings (SSSR count). The Morgan fingerprint density at radius 2 is 1.77 bits per heavy atom. The highest BCUT2D eigenvalue weighted by Gasteiger charge is 2.27. The number of carbonyl (C=O) groups is 2. The Bertz CT molecular complexity index is 1120. The van der Waals surface area contributed by atoms with Crippen molar-refractivity contribution in [1.82, 2.24) is 14.8 Å². The van der Waals surface area contributed by atoms with Gasteiger partial charge in [0.15, 0.2) is 0 Å². The van der Waals surface area contributed by atoms with Crippen molar-refractivity contribution in [2.75, 3.05) is 26.7 Å². The molecule has 35 heavy (non-hydrogen) atoms. The Labute approximate surface area is 211 Å². The van der Waals surface area contributed by atoms with Gasteiger partial charge in [0.2, 0.25) is 0 Å². The van der Waals surface area contributed by atoms with Gasteiger partial charge in [-0.15, -0.1) is 11.3 Å². The van der Waals surface area contributed by atoms with Crippen LogP contribution in [0.2, 0.25) is 0 Å². The monoisotopic (exact) mass is 491 g/mol. The molecule has 1 aromatic heterocycles. The third-order valence-corrected chi connectivity index (χ3v) is 7.28. The number of rotatable bonds is 8. The van der Waals surface area contributed by atoms with Gasteiger partial charge in [-0.25, -0.2) is 4.98 Å². The summed E-state index contributed by atoms with van der Waals surface area (Å²) in [5.74, 6) is 1.06. The number of likely N-dealkylation sites (N-methyl/N-ethyl adjacent to an activating group) is 1. The molecule has 2 aromatic carbocycles. The molecule has 0 aliphatic carbocycles. The predicted octanol–water partition coefficient (Wildman–Crippen LogP) is 5.26. The van der Waals surface area contributed by atoms with Crippen molar-refractivity contribution >= 4 is 23.2 Å². The highest BCUT2D eigenvalue weighted by Crippen LogP contribution is 2.31. The van der Waals surface area contributed by atoms with Crippen molar-refractivity contribution in [2.45, 2.75) is 45.1 Å². The lowest BCUT2D eigenvalue weighted by atomic mass is 9.97. The molecule has 0 saturated carbocycles. The normalized spacial score (nSPS) is 14.2. The largest absolute Gasteiger partial charge is 0.491 e. The van der Waals surface area contributed by atoms with Gasteiger partial charge in [-0.3, -0.25) is 9.59 Å². The molecule has 0 radical (unpaired) electrons. The zero-order chi connectivity index (χ0) is 24.8. The number of likely N-dealkylation sites (tertiary alicyclic amines) is 1. The first kappa shape index (κ1) is 24.9. The van der Waals surface area contributed by atoms with Crippen molar-refractivity contribution in [3.8, 4) is 5.75 Å². The van der Waals surface area contributed by atoms with Crippen LogP contribution in [-0.2, 0) is 6.42 Å². The number of ether oxygens (including phenoxy) is 1. The van der Waals surface area contributed by atoms with Gasteiger partial charge in [-0.2, -0.15) is 0 Å². The minimum atomic E-state index is -0.0408. The van der Waals surface area contributed by atoms with E-state index in [2.05, 4.69) is 17.1 Å². The summed E-state index contributed by atoms with van der Waals surface area (Å²) >= 11 is 1.55. The first-order chi connectivity index (χ1) is 16.9. The third-order valence-electron chi connectivity index (χ3n) is 6.27. The number of piperidine rings is 1. The van der Waals surface area contributed by atoms with Gasteiger partial charge in [0.05, 0.1) is 11.1 Å². The molecular formula is C28H33N3O3S. The van der Waals surface area contributed by atoms with Crippen LogP contribution in [-0.4, -0.2) is 59.4 Å². The van der Waals surface area contributed by atoms with Crippen LogP contribution in [0.15, 0.2) is 60.0 Å². The number of aromatic nitrogens is 1. The lowest BCUT2D eigenvalue weighted by molar-refractivity contribution is 0.0713. The summed E-state index contributed by atoms with van der Waals surface area (Å²) < 4.78 is 5.67. The second-order valence-electron chi connectivity index (χ2n) is 9.29. The van der Waals surface area contributed by atoms with Crippen molar-refractivity contribution in [1.29, 1.82) is 0 Å². The van der Waals surface area contributed by atoms with Crippen molar-refractivity contribution in [2.24, 2.45) is 0 Å². The molecular weight excluding hydrogens is 458 g/mol. The molecule has 0 atom stereocenters. The minimum Gasteiger partial charge on any atom is -0.491 e. The standard InChI is InChI=1S/C28H33N3O3S/c1-20(2)34-24-11-9-23(10-12-24)27(32)31-17-14-22(15-18-31)26-29-25(19-35-26)28(33)30(3)16-13-21-7-5-4-6-8-21/h4-12,19-20,22H,13-18H2,1-3H3. The summed E-state index contributed by atoms with van der Waals surface area (Å²) in [6.45, 7) is 5.99. The summed E-state index contributed by atoms with van der Waals surface area (Å²) in [7, 11) is 1.83. The molecule has 6 nitrogen and oxygen atoms in total. The van der Waals surface area contributed by atoms with Crippen molar-refractivity contribution in [3.63, 3.8) is 0 Å². The Morgan fingerprint density at radius 1 is 1.09 bits per heavy atom. The first-order valence-electron chi connectivity index (χ1n) is 12.2. The Hall–Kier alpha value is -3.19. The van der Waals surface area contributed by atoms with Gasteiger partial charge < -0.3 is 14.5 Å². The maximum absolute atomic E-state index is 12.9. The van der Waals surface area contributed by atoms with E-state index in [0.29, 0.717) is 30.9 Å². The smallest absolute Gasteiger partial charge is 0.273 e. The zero-order valence-electron chi connectivity index (χ0n) is 20.6. The maximum Gasteiger partial charge on any atom is 0.273 e. The van der Waals surface area contributed by atoms with E-state index < -0.39 is 0 Å². The average molecular weight is 492 g/mol.